The number of hydrazine groups is 2. The first-order chi connectivity index (χ1) is 18.0. The molecule has 6 rings (SSSR count). The third-order valence-electron chi connectivity index (χ3n) is 8.33. The van der Waals surface area contributed by atoms with Gasteiger partial charge in [-0.05, 0) is 49.1 Å². The Kier molecular flexibility index (Phi) is 6.48. The third kappa shape index (κ3) is 4.54. The van der Waals surface area contributed by atoms with Crippen molar-refractivity contribution in [3.63, 3.8) is 0 Å². The molecule has 9 nitrogen and oxygen atoms in total. The van der Waals surface area contributed by atoms with Gasteiger partial charge in [0.25, 0.3) is 0 Å². The molecule has 2 aromatic carbocycles. The van der Waals surface area contributed by atoms with Crippen molar-refractivity contribution in [3.8, 4) is 5.75 Å². The van der Waals surface area contributed by atoms with E-state index in [1.807, 2.05) is 34.2 Å². The van der Waals surface area contributed by atoms with Crippen LogP contribution in [0, 0.1) is 17.7 Å². The zero-order valence-electron chi connectivity index (χ0n) is 20.9. The number of methoxy groups -OCH3 is 1. The SMILES string of the molecule is COc1cccc(N2CCN(C(=O)C3CCC4C(=O)NC5C(c6cccc(F)c6)NNN5C4C3)CC2)c1. The van der Waals surface area contributed by atoms with E-state index in [1.165, 1.54) is 12.1 Å². The van der Waals surface area contributed by atoms with Crippen molar-refractivity contribution in [3.05, 3.63) is 59.9 Å². The molecule has 3 aliphatic heterocycles. The number of hydrogen-bond donors (Lipinski definition) is 3. The highest BCUT2D eigenvalue weighted by molar-refractivity contribution is 5.83. The van der Waals surface area contributed by atoms with Gasteiger partial charge in [-0.2, -0.15) is 5.53 Å². The number of piperazine rings is 1. The molecule has 0 radical (unpaired) electrons. The van der Waals surface area contributed by atoms with E-state index >= 15 is 0 Å². The van der Waals surface area contributed by atoms with Gasteiger partial charge in [-0.25, -0.2) is 14.8 Å². The Morgan fingerprint density at radius 2 is 1.86 bits per heavy atom. The van der Waals surface area contributed by atoms with Gasteiger partial charge >= 0.3 is 0 Å². The van der Waals surface area contributed by atoms with Gasteiger partial charge in [-0.15, -0.1) is 0 Å². The number of hydrogen-bond acceptors (Lipinski definition) is 7. The summed E-state index contributed by atoms with van der Waals surface area (Å²) in [5.74, 6) is 0.410. The van der Waals surface area contributed by atoms with Gasteiger partial charge in [0.05, 0.1) is 19.1 Å². The zero-order chi connectivity index (χ0) is 25.5. The van der Waals surface area contributed by atoms with E-state index in [9.17, 15) is 14.0 Å². The Hall–Kier alpha value is -3.21. The quantitative estimate of drug-likeness (QED) is 0.580. The smallest absolute Gasteiger partial charge is 0.226 e. The number of anilines is 1. The van der Waals surface area contributed by atoms with Crippen LogP contribution < -0.4 is 25.9 Å². The van der Waals surface area contributed by atoms with Gasteiger partial charge in [0.1, 0.15) is 17.7 Å². The monoisotopic (exact) mass is 508 g/mol. The Morgan fingerprint density at radius 1 is 1.05 bits per heavy atom. The lowest BCUT2D eigenvalue weighted by Crippen LogP contribution is -2.66. The highest BCUT2D eigenvalue weighted by atomic mass is 19.1. The maximum Gasteiger partial charge on any atom is 0.226 e. The molecule has 0 bridgehead atoms. The summed E-state index contributed by atoms with van der Waals surface area (Å²) in [6, 6.07) is 14.0. The van der Waals surface area contributed by atoms with Crippen LogP contribution >= 0.6 is 0 Å². The lowest BCUT2D eigenvalue weighted by atomic mass is 9.75. The van der Waals surface area contributed by atoms with Crippen LogP contribution in [-0.2, 0) is 9.59 Å². The molecule has 2 aromatic rings. The van der Waals surface area contributed by atoms with Gasteiger partial charge in [0.2, 0.25) is 11.8 Å². The minimum absolute atomic E-state index is 0.0101. The van der Waals surface area contributed by atoms with E-state index in [0.717, 1.165) is 30.1 Å². The van der Waals surface area contributed by atoms with E-state index in [0.29, 0.717) is 32.4 Å². The normalized spacial score (nSPS) is 29.9. The van der Waals surface area contributed by atoms with E-state index in [2.05, 4.69) is 27.2 Å². The molecule has 4 aliphatic rings. The standard InChI is InChI=1S/C27H33FN6O3/c1-37-21-7-3-6-20(16-21)32-10-12-33(13-11-32)27(36)18-8-9-22-23(15-18)34-25(29-26(22)35)24(30-31-34)17-4-2-5-19(28)14-17/h2-7,14,16,18,22-25,30-31H,8-13,15H2,1H3,(H,29,35). The summed E-state index contributed by atoms with van der Waals surface area (Å²) >= 11 is 0. The summed E-state index contributed by atoms with van der Waals surface area (Å²) in [5, 5.41) is 5.14. The lowest BCUT2D eigenvalue weighted by molar-refractivity contribution is -0.147. The molecule has 5 atom stereocenters. The molecule has 5 unspecified atom stereocenters. The van der Waals surface area contributed by atoms with Crippen molar-refractivity contribution in [2.75, 3.05) is 38.2 Å². The average molecular weight is 509 g/mol. The van der Waals surface area contributed by atoms with Crippen molar-refractivity contribution in [1.29, 1.82) is 0 Å². The fourth-order valence-electron chi connectivity index (χ4n) is 6.35. The second kappa shape index (κ2) is 9.92. The number of fused-ring (bicyclic) bond motifs is 3. The summed E-state index contributed by atoms with van der Waals surface area (Å²) in [6.07, 6.45) is 1.65. The summed E-state index contributed by atoms with van der Waals surface area (Å²) in [6.45, 7) is 2.90. The summed E-state index contributed by atoms with van der Waals surface area (Å²) < 4.78 is 19.2. The van der Waals surface area contributed by atoms with Crippen molar-refractivity contribution in [1.82, 2.24) is 26.2 Å². The van der Waals surface area contributed by atoms with Gasteiger partial charge in [0, 0.05) is 49.9 Å². The predicted octanol–water partition coefficient (Wildman–Crippen LogP) is 1.79. The van der Waals surface area contributed by atoms with E-state index in [4.69, 9.17) is 4.74 Å². The van der Waals surface area contributed by atoms with Gasteiger partial charge in [-0.3, -0.25) is 9.59 Å². The zero-order valence-corrected chi connectivity index (χ0v) is 20.9. The maximum absolute atomic E-state index is 13.9. The molecule has 4 fully saturated rings. The number of ether oxygens (including phenoxy) is 1. The molecule has 1 aliphatic carbocycles. The predicted molar refractivity (Wildman–Crippen MR) is 136 cm³/mol. The molecule has 0 spiro atoms. The number of benzene rings is 2. The molecular weight excluding hydrogens is 475 g/mol. The molecule has 2 amide bonds. The molecule has 3 saturated heterocycles. The highest BCUT2D eigenvalue weighted by Gasteiger charge is 2.51. The van der Waals surface area contributed by atoms with Crippen LogP contribution in [0.5, 0.6) is 5.75 Å². The highest BCUT2D eigenvalue weighted by Crippen LogP contribution is 2.39. The second-order valence-corrected chi connectivity index (χ2v) is 10.3. The van der Waals surface area contributed by atoms with E-state index in [1.54, 1.807) is 13.2 Å². The number of carbonyl (C=O) groups is 2. The summed E-state index contributed by atoms with van der Waals surface area (Å²) in [4.78, 5) is 30.9. The lowest BCUT2D eigenvalue weighted by Gasteiger charge is -2.47. The van der Waals surface area contributed by atoms with Crippen LogP contribution in [0.1, 0.15) is 30.9 Å². The van der Waals surface area contributed by atoms with Crippen molar-refractivity contribution in [2.24, 2.45) is 11.8 Å². The molecule has 3 heterocycles. The van der Waals surface area contributed by atoms with Gasteiger partial charge < -0.3 is 19.9 Å². The Morgan fingerprint density at radius 3 is 2.65 bits per heavy atom. The van der Waals surface area contributed by atoms with E-state index < -0.39 is 0 Å². The van der Waals surface area contributed by atoms with Crippen molar-refractivity contribution < 1.29 is 18.7 Å². The molecule has 0 aromatic heterocycles. The third-order valence-corrected chi connectivity index (χ3v) is 8.33. The minimum atomic E-state index is -0.351. The number of amides is 2. The molecule has 10 heteroatoms. The molecule has 3 N–H and O–H groups in total. The molecule has 37 heavy (non-hydrogen) atoms. The number of nitrogens with one attached hydrogen (secondary N) is 3. The van der Waals surface area contributed by atoms with Crippen LogP contribution in [0.4, 0.5) is 10.1 Å². The van der Waals surface area contributed by atoms with Crippen molar-refractivity contribution >= 4 is 17.5 Å². The summed E-state index contributed by atoms with van der Waals surface area (Å²) in [5.41, 5.74) is 8.30. The molecular formula is C27H33FN6O3. The fourth-order valence-corrected chi connectivity index (χ4v) is 6.35. The van der Waals surface area contributed by atoms with Crippen LogP contribution in [0.2, 0.25) is 0 Å². The van der Waals surface area contributed by atoms with Crippen LogP contribution in [0.15, 0.2) is 48.5 Å². The van der Waals surface area contributed by atoms with Gasteiger partial charge in [-0.1, -0.05) is 18.2 Å². The average Bonchev–Trinajstić information content (AvgIpc) is 3.36. The first-order valence-corrected chi connectivity index (χ1v) is 13.0. The Balaban J connectivity index is 1.11. The van der Waals surface area contributed by atoms with E-state index in [-0.39, 0.29) is 47.7 Å². The molecule has 1 saturated carbocycles. The van der Waals surface area contributed by atoms with Crippen LogP contribution in [-0.4, -0.2) is 67.2 Å². The van der Waals surface area contributed by atoms with Crippen LogP contribution in [0.25, 0.3) is 0 Å². The Bertz CT molecular complexity index is 1170. The first kappa shape index (κ1) is 24.1. The second-order valence-electron chi connectivity index (χ2n) is 10.3. The van der Waals surface area contributed by atoms with Gasteiger partial charge in [0.15, 0.2) is 0 Å². The topological polar surface area (TPSA) is 89.2 Å². The summed E-state index contributed by atoms with van der Waals surface area (Å²) in [7, 11) is 1.66. The number of carbonyl (C=O) groups excluding carboxylic acids is 2. The minimum Gasteiger partial charge on any atom is -0.497 e. The van der Waals surface area contributed by atoms with Crippen molar-refractivity contribution in [2.45, 2.75) is 37.5 Å². The Labute approximate surface area is 215 Å². The number of rotatable bonds is 4. The maximum atomic E-state index is 13.9. The van der Waals surface area contributed by atoms with Crippen LogP contribution in [0.3, 0.4) is 0 Å². The number of nitrogens with zero attached hydrogens (tertiary/aromatic N) is 3. The fraction of sp³-hybridized carbons (Fsp3) is 0.481. The first-order valence-electron chi connectivity index (χ1n) is 13.0. The largest absolute Gasteiger partial charge is 0.497 e. The molecule has 196 valence electrons. The number of halogens is 1.